The second kappa shape index (κ2) is 4.21. The minimum Gasteiger partial charge on any atom is -0.338 e. The summed E-state index contributed by atoms with van der Waals surface area (Å²) in [7, 11) is 0. The number of nitrogens with zero attached hydrogens (tertiary/aromatic N) is 4. The van der Waals surface area contributed by atoms with Gasteiger partial charge in [-0.3, -0.25) is 9.48 Å². The molecule has 5 nitrogen and oxygen atoms in total. The monoisotopic (exact) mass is 232 g/mol. The Balaban J connectivity index is 2.20. The largest absolute Gasteiger partial charge is 0.338 e. The number of nitriles is 1. The van der Waals surface area contributed by atoms with E-state index >= 15 is 0 Å². The zero-order chi connectivity index (χ0) is 12.5. The van der Waals surface area contributed by atoms with E-state index in [0.717, 1.165) is 12.0 Å². The Kier molecular flexibility index (Phi) is 2.88. The predicted molar refractivity (Wildman–Crippen MR) is 62.1 cm³/mol. The molecule has 1 aromatic heterocycles. The molecule has 0 unspecified atom stereocenters. The molecule has 1 aliphatic rings. The molecule has 2 heterocycles. The van der Waals surface area contributed by atoms with Crippen LogP contribution in [-0.2, 0) is 16.8 Å². The van der Waals surface area contributed by atoms with Gasteiger partial charge in [0.05, 0.1) is 18.7 Å². The minimum atomic E-state index is -0.312. The van der Waals surface area contributed by atoms with E-state index in [0.29, 0.717) is 19.5 Å². The maximum Gasteiger partial charge on any atom is 0.219 e. The molecule has 1 aromatic rings. The molecule has 0 bridgehead atoms. The Morgan fingerprint density at radius 3 is 2.82 bits per heavy atom. The topological polar surface area (TPSA) is 61.9 Å². The van der Waals surface area contributed by atoms with Crippen molar-refractivity contribution in [2.75, 3.05) is 13.1 Å². The number of hydrogen-bond acceptors (Lipinski definition) is 3. The molecule has 0 radical (unpaired) electrons. The van der Waals surface area contributed by atoms with Gasteiger partial charge in [-0.1, -0.05) is 6.92 Å². The van der Waals surface area contributed by atoms with Crippen molar-refractivity contribution in [3.05, 3.63) is 18.0 Å². The maximum atomic E-state index is 11.2. The SMILES string of the molecule is CCc1cnn(C2(CC#N)CN(C(C)=O)C2)c1. The second-order valence-electron chi connectivity index (χ2n) is 4.58. The Hall–Kier alpha value is -1.83. The Morgan fingerprint density at radius 1 is 1.65 bits per heavy atom. The summed E-state index contributed by atoms with van der Waals surface area (Å²) >= 11 is 0. The van der Waals surface area contributed by atoms with Gasteiger partial charge in [0, 0.05) is 26.2 Å². The molecule has 0 aliphatic carbocycles. The van der Waals surface area contributed by atoms with E-state index in [-0.39, 0.29) is 11.4 Å². The van der Waals surface area contributed by atoms with E-state index < -0.39 is 0 Å². The molecule has 17 heavy (non-hydrogen) atoms. The molecule has 0 aromatic carbocycles. The summed E-state index contributed by atoms with van der Waals surface area (Å²) in [4.78, 5) is 13.0. The normalized spacial score (nSPS) is 17.4. The highest BCUT2D eigenvalue weighted by Crippen LogP contribution is 2.32. The number of amides is 1. The summed E-state index contributed by atoms with van der Waals surface area (Å²) in [5.41, 5.74) is 0.844. The first-order valence-corrected chi connectivity index (χ1v) is 5.78. The minimum absolute atomic E-state index is 0.0569. The molecule has 1 aliphatic heterocycles. The van der Waals surface area contributed by atoms with Crippen molar-refractivity contribution in [3.8, 4) is 6.07 Å². The highest BCUT2D eigenvalue weighted by atomic mass is 16.2. The molecule has 1 amide bonds. The molecule has 90 valence electrons. The zero-order valence-electron chi connectivity index (χ0n) is 10.2. The van der Waals surface area contributed by atoms with Gasteiger partial charge in [0.2, 0.25) is 5.91 Å². The summed E-state index contributed by atoms with van der Waals surface area (Å²) < 4.78 is 1.86. The van der Waals surface area contributed by atoms with Crippen LogP contribution in [-0.4, -0.2) is 33.7 Å². The maximum absolute atomic E-state index is 11.2. The summed E-state index contributed by atoms with van der Waals surface area (Å²) in [5.74, 6) is 0.0569. The highest BCUT2D eigenvalue weighted by Gasteiger charge is 2.46. The van der Waals surface area contributed by atoms with Gasteiger partial charge in [-0.2, -0.15) is 10.4 Å². The van der Waals surface area contributed by atoms with Crippen LogP contribution >= 0.6 is 0 Å². The standard InChI is InChI=1S/C12H16N4O/c1-3-11-6-14-16(7-11)12(4-5-13)8-15(9-12)10(2)17/h6-7H,3-4,8-9H2,1-2H3. The fraction of sp³-hybridized carbons (Fsp3) is 0.583. The number of carbonyl (C=O) groups is 1. The van der Waals surface area contributed by atoms with Gasteiger partial charge >= 0.3 is 0 Å². The first-order valence-electron chi connectivity index (χ1n) is 5.78. The summed E-state index contributed by atoms with van der Waals surface area (Å²) in [6, 6.07) is 2.20. The number of aryl methyl sites for hydroxylation is 1. The average Bonchev–Trinajstić information content (AvgIpc) is 2.71. The van der Waals surface area contributed by atoms with Gasteiger partial charge in [-0.25, -0.2) is 0 Å². The van der Waals surface area contributed by atoms with Crippen LogP contribution in [0.3, 0.4) is 0 Å². The van der Waals surface area contributed by atoms with E-state index in [1.54, 1.807) is 11.8 Å². The lowest BCUT2D eigenvalue weighted by atomic mass is 9.87. The first kappa shape index (κ1) is 11.6. The molecule has 5 heteroatoms. The third-order valence-electron chi connectivity index (χ3n) is 3.35. The number of aromatic nitrogens is 2. The lowest BCUT2D eigenvalue weighted by Crippen LogP contribution is -2.63. The zero-order valence-corrected chi connectivity index (χ0v) is 10.2. The van der Waals surface area contributed by atoms with Crippen LogP contribution in [0.1, 0.15) is 25.8 Å². The lowest BCUT2D eigenvalue weighted by Gasteiger charge is -2.48. The van der Waals surface area contributed by atoms with E-state index in [9.17, 15) is 4.79 Å². The Morgan fingerprint density at radius 2 is 2.35 bits per heavy atom. The molecule has 1 saturated heterocycles. The van der Waals surface area contributed by atoms with Crippen LogP contribution in [0.15, 0.2) is 12.4 Å². The van der Waals surface area contributed by atoms with E-state index in [4.69, 9.17) is 5.26 Å². The van der Waals surface area contributed by atoms with Gasteiger partial charge < -0.3 is 4.90 Å². The van der Waals surface area contributed by atoms with Crippen molar-refractivity contribution in [1.82, 2.24) is 14.7 Å². The molecule has 0 saturated carbocycles. The van der Waals surface area contributed by atoms with Crippen molar-refractivity contribution in [2.24, 2.45) is 0 Å². The Bertz CT molecular complexity index is 465. The molecule has 0 N–H and O–H groups in total. The lowest BCUT2D eigenvalue weighted by molar-refractivity contribution is -0.140. The predicted octanol–water partition coefficient (Wildman–Crippen LogP) is 0.917. The fourth-order valence-corrected chi connectivity index (χ4v) is 2.17. The molecule has 0 spiro atoms. The molecular formula is C12H16N4O. The van der Waals surface area contributed by atoms with Gasteiger partial charge in [0.1, 0.15) is 5.54 Å². The summed E-state index contributed by atoms with van der Waals surface area (Å²) in [6.45, 7) is 4.79. The van der Waals surface area contributed by atoms with Crippen molar-refractivity contribution in [2.45, 2.75) is 32.2 Å². The first-order chi connectivity index (χ1) is 8.11. The van der Waals surface area contributed by atoms with Crippen molar-refractivity contribution < 1.29 is 4.79 Å². The highest BCUT2D eigenvalue weighted by molar-refractivity contribution is 5.74. The Labute approximate surface area is 101 Å². The fourth-order valence-electron chi connectivity index (χ4n) is 2.17. The van der Waals surface area contributed by atoms with Crippen LogP contribution in [0.4, 0.5) is 0 Å². The summed E-state index contributed by atoms with van der Waals surface area (Å²) in [5, 5.41) is 13.2. The summed E-state index contributed by atoms with van der Waals surface area (Å²) in [6.07, 6.45) is 5.13. The van der Waals surface area contributed by atoms with Crippen LogP contribution in [0, 0.1) is 11.3 Å². The van der Waals surface area contributed by atoms with Gasteiger partial charge in [0.15, 0.2) is 0 Å². The van der Waals surface area contributed by atoms with Crippen molar-refractivity contribution in [1.29, 1.82) is 5.26 Å². The second-order valence-corrected chi connectivity index (χ2v) is 4.58. The van der Waals surface area contributed by atoms with E-state index in [1.807, 2.05) is 17.1 Å². The number of rotatable bonds is 3. The quantitative estimate of drug-likeness (QED) is 0.778. The average molecular weight is 232 g/mol. The number of carbonyl (C=O) groups excluding carboxylic acids is 1. The van der Waals surface area contributed by atoms with Crippen LogP contribution in [0.25, 0.3) is 0 Å². The number of hydrogen-bond donors (Lipinski definition) is 0. The third-order valence-corrected chi connectivity index (χ3v) is 3.35. The van der Waals surface area contributed by atoms with Gasteiger partial charge in [-0.15, -0.1) is 0 Å². The van der Waals surface area contributed by atoms with Crippen molar-refractivity contribution in [3.63, 3.8) is 0 Å². The van der Waals surface area contributed by atoms with Crippen LogP contribution < -0.4 is 0 Å². The molecular weight excluding hydrogens is 216 g/mol. The van der Waals surface area contributed by atoms with Crippen LogP contribution in [0.2, 0.25) is 0 Å². The number of likely N-dealkylation sites (tertiary alicyclic amines) is 1. The molecule has 0 atom stereocenters. The van der Waals surface area contributed by atoms with Crippen LogP contribution in [0.5, 0.6) is 0 Å². The van der Waals surface area contributed by atoms with E-state index in [2.05, 4.69) is 18.1 Å². The van der Waals surface area contributed by atoms with Gasteiger partial charge in [-0.05, 0) is 12.0 Å². The van der Waals surface area contributed by atoms with E-state index in [1.165, 1.54) is 0 Å². The van der Waals surface area contributed by atoms with Gasteiger partial charge in [0.25, 0.3) is 0 Å². The third kappa shape index (κ3) is 1.91. The molecule has 1 fully saturated rings. The smallest absolute Gasteiger partial charge is 0.219 e. The molecule has 2 rings (SSSR count). The van der Waals surface area contributed by atoms with Crippen molar-refractivity contribution >= 4 is 5.91 Å².